The van der Waals surface area contributed by atoms with E-state index < -0.39 is 11.7 Å². The van der Waals surface area contributed by atoms with Crippen LogP contribution in [0.2, 0.25) is 0 Å². The molecular formula is C26H19F3N4O. The summed E-state index contributed by atoms with van der Waals surface area (Å²) in [5.41, 5.74) is 4.40. The van der Waals surface area contributed by atoms with Gasteiger partial charge in [-0.15, -0.1) is 0 Å². The van der Waals surface area contributed by atoms with Crippen molar-refractivity contribution in [1.82, 2.24) is 19.7 Å². The minimum absolute atomic E-state index is 0.0509. The molecule has 0 aliphatic carbocycles. The van der Waals surface area contributed by atoms with Crippen molar-refractivity contribution in [2.45, 2.75) is 19.6 Å². The minimum atomic E-state index is -4.43. The van der Waals surface area contributed by atoms with Crippen LogP contribution in [0.25, 0.3) is 33.3 Å². The first-order valence-corrected chi connectivity index (χ1v) is 10.6. The average Bonchev–Trinajstić information content (AvgIpc) is 3.23. The van der Waals surface area contributed by atoms with Crippen molar-refractivity contribution in [1.29, 1.82) is 0 Å². The first-order valence-electron chi connectivity index (χ1n) is 10.6. The van der Waals surface area contributed by atoms with Gasteiger partial charge in [-0.2, -0.15) is 18.3 Å². The molecule has 8 heteroatoms. The molecule has 0 unspecified atom stereocenters. The van der Waals surface area contributed by atoms with Crippen LogP contribution in [0.15, 0.2) is 83.9 Å². The Labute approximate surface area is 192 Å². The van der Waals surface area contributed by atoms with E-state index in [-0.39, 0.29) is 12.1 Å². The lowest BCUT2D eigenvalue weighted by atomic mass is 10.0. The standard InChI is InChI=1S/C26H19F3N4O/c1-16-11-20(7-9-30-16)25-22-13-18(5-6-23(22)31-32-25)19-8-10-33(24(34)14-19)15-17-3-2-4-21(12-17)26(27,28)29/h2-14H,15H2,1H3,(H,31,32). The molecule has 2 aromatic carbocycles. The van der Waals surface area contributed by atoms with Crippen LogP contribution in [0.3, 0.4) is 0 Å². The van der Waals surface area contributed by atoms with Gasteiger partial charge in [0.15, 0.2) is 0 Å². The molecule has 0 spiro atoms. The predicted octanol–water partition coefficient (Wildman–Crippen LogP) is 5.83. The van der Waals surface area contributed by atoms with Crippen LogP contribution in [-0.2, 0) is 12.7 Å². The Morgan fingerprint density at radius 2 is 1.76 bits per heavy atom. The van der Waals surface area contributed by atoms with E-state index in [2.05, 4.69) is 15.2 Å². The topological polar surface area (TPSA) is 63.6 Å². The van der Waals surface area contributed by atoms with E-state index >= 15 is 0 Å². The molecule has 5 nitrogen and oxygen atoms in total. The smallest absolute Gasteiger partial charge is 0.311 e. The van der Waals surface area contributed by atoms with Crippen molar-refractivity contribution >= 4 is 10.9 Å². The normalized spacial score (nSPS) is 11.8. The number of nitrogens with zero attached hydrogens (tertiary/aromatic N) is 3. The second-order valence-corrected chi connectivity index (χ2v) is 8.10. The maximum atomic E-state index is 13.0. The Bertz CT molecular complexity index is 1570. The summed E-state index contributed by atoms with van der Waals surface area (Å²) in [7, 11) is 0. The Hall–Kier alpha value is -4.20. The molecule has 5 rings (SSSR count). The Balaban J connectivity index is 1.47. The number of rotatable bonds is 4. The lowest BCUT2D eigenvalue weighted by Crippen LogP contribution is -2.19. The Morgan fingerprint density at radius 1 is 0.941 bits per heavy atom. The van der Waals surface area contributed by atoms with Gasteiger partial charge < -0.3 is 4.57 Å². The summed E-state index contributed by atoms with van der Waals surface area (Å²) >= 11 is 0. The summed E-state index contributed by atoms with van der Waals surface area (Å²) in [5.74, 6) is 0. The second-order valence-electron chi connectivity index (χ2n) is 8.10. The fourth-order valence-corrected chi connectivity index (χ4v) is 3.97. The van der Waals surface area contributed by atoms with Crippen LogP contribution in [0, 0.1) is 6.92 Å². The zero-order chi connectivity index (χ0) is 23.9. The summed E-state index contributed by atoms with van der Waals surface area (Å²) in [5, 5.41) is 8.39. The fourth-order valence-electron chi connectivity index (χ4n) is 3.97. The lowest BCUT2D eigenvalue weighted by molar-refractivity contribution is -0.137. The van der Waals surface area contributed by atoms with Gasteiger partial charge in [-0.3, -0.25) is 14.9 Å². The molecular weight excluding hydrogens is 441 g/mol. The van der Waals surface area contributed by atoms with Crippen LogP contribution >= 0.6 is 0 Å². The molecule has 0 fully saturated rings. The number of aromatic nitrogens is 4. The highest BCUT2D eigenvalue weighted by Gasteiger charge is 2.30. The number of hydrogen-bond donors (Lipinski definition) is 1. The predicted molar refractivity (Wildman–Crippen MR) is 124 cm³/mol. The molecule has 0 amide bonds. The van der Waals surface area contributed by atoms with Gasteiger partial charge in [-0.25, -0.2) is 0 Å². The number of aromatic amines is 1. The molecule has 5 aromatic rings. The van der Waals surface area contributed by atoms with E-state index in [9.17, 15) is 18.0 Å². The van der Waals surface area contributed by atoms with Gasteiger partial charge in [0.2, 0.25) is 0 Å². The molecule has 0 bridgehead atoms. The maximum Gasteiger partial charge on any atom is 0.416 e. The van der Waals surface area contributed by atoms with Crippen molar-refractivity contribution in [3.8, 4) is 22.4 Å². The van der Waals surface area contributed by atoms with Crippen LogP contribution in [-0.4, -0.2) is 19.7 Å². The van der Waals surface area contributed by atoms with Crippen molar-refractivity contribution in [3.63, 3.8) is 0 Å². The summed E-state index contributed by atoms with van der Waals surface area (Å²) in [6, 6.07) is 17.9. The number of fused-ring (bicyclic) bond motifs is 1. The molecule has 0 atom stereocenters. The van der Waals surface area contributed by atoms with Gasteiger partial charge in [0.05, 0.1) is 17.6 Å². The molecule has 0 radical (unpaired) electrons. The molecule has 3 aromatic heterocycles. The van der Waals surface area contributed by atoms with Gasteiger partial charge in [0.1, 0.15) is 5.69 Å². The van der Waals surface area contributed by atoms with E-state index in [1.807, 2.05) is 37.3 Å². The van der Waals surface area contributed by atoms with Crippen molar-refractivity contribution < 1.29 is 13.2 Å². The zero-order valence-electron chi connectivity index (χ0n) is 18.1. The highest BCUT2D eigenvalue weighted by atomic mass is 19.4. The third-order valence-electron chi connectivity index (χ3n) is 5.67. The molecule has 3 heterocycles. The van der Waals surface area contributed by atoms with Crippen LogP contribution in [0.1, 0.15) is 16.8 Å². The van der Waals surface area contributed by atoms with Gasteiger partial charge in [0, 0.05) is 35.1 Å². The van der Waals surface area contributed by atoms with E-state index in [1.54, 1.807) is 24.5 Å². The average molecular weight is 460 g/mol. The number of halogens is 3. The van der Waals surface area contributed by atoms with Gasteiger partial charge in [0.25, 0.3) is 5.56 Å². The van der Waals surface area contributed by atoms with Gasteiger partial charge >= 0.3 is 6.18 Å². The number of hydrogen-bond acceptors (Lipinski definition) is 3. The highest BCUT2D eigenvalue weighted by Crippen LogP contribution is 2.31. The minimum Gasteiger partial charge on any atom is -0.311 e. The van der Waals surface area contributed by atoms with E-state index in [0.717, 1.165) is 45.6 Å². The quantitative estimate of drug-likeness (QED) is 0.367. The second kappa shape index (κ2) is 8.30. The number of H-pyrrole nitrogens is 1. The number of benzene rings is 2. The monoisotopic (exact) mass is 460 g/mol. The van der Waals surface area contributed by atoms with Crippen LogP contribution < -0.4 is 5.56 Å². The van der Waals surface area contributed by atoms with E-state index in [0.29, 0.717) is 11.1 Å². The van der Waals surface area contributed by atoms with Crippen molar-refractivity contribution in [2.24, 2.45) is 0 Å². The number of aryl methyl sites for hydroxylation is 1. The molecule has 34 heavy (non-hydrogen) atoms. The molecule has 0 saturated carbocycles. The summed E-state index contributed by atoms with van der Waals surface area (Å²) in [4.78, 5) is 17.0. The Kier molecular flexibility index (Phi) is 5.28. The molecule has 1 N–H and O–H groups in total. The molecule has 0 aliphatic heterocycles. The first kappa shape index (κ1) is 21.6. The van der Waals surface area contributed by atoms with Crippen molar-refractivity contribution in [2.75, 3.05) is 0 Å². The number of pyridine rings is 2. The van der Waals surface area contributed by atoms with E-state index in [1.165, 1.54) is 16.7 Å². The largest absolute Gasteiger partial charge is 0.416 e. The number of nitrogens with one attached hydrogen (secondary N) is 1. The summed E-state index contributed by atoms with van der Waals surface area (Å²) in [6.45, 7) is 1.97. The third-order valence-corrected chi connectivity index (χ3v) is 5.67. The molecule has 170 valence electrons. The van der Waals surface area contributed by atoms with Crippen molar-refractivity contribution in [3.05, 3.63) is 106 Å². The van der Waals surface area contributed by atoms with Crippen LogP contribution in [0.5, 0.6) is 0 Å². The zero-order valence-corrected chi connectivity index (χ0v) is 18.1. The third kappa shape index (κ3) is 4.22. The summed E-state index contributed by atoms with van der Waals surface area (Å²) in [6.07, 6.45) is -1.09. The summed E-state index contributed by atoms with van der Waals surface area (Å²) < 4.78 is 40.4. The SMILES string of the molecule is Cc1cc(-c2n[nH]c3ccc(-c4ccn(Cc5cccc(C(F)(F)F)c5)c(=O)c4)cc23)ccn1. The van der Waals surface area contributed by atoms with Crippen LogP contribution in [0.4, 0.5) is 13.2 Å². The van der Waals surface area contributed by atoms with Gasteiger partial charge in [-0.05, 0) is 66.1 Å². The lowest BCUT2D eigenvalue weighted by Gasteiger charge is -2.11. The van der Waals surface area contributed by atoms with E-state index in [4.69, 9.17) is 0 Å². The molecule has 0 aliphatic rings. The Morgan fingerprint density at radius 3 is 2.53 bits per heavy atom. The van der Waals surface area contributed by atoms with Gasteiger partial charge in [-0.1, -0.05) is 18.2 Å². The fraction of sp³-hybridized carbons (Fsp3) is 0.115. The number of alkyl halides is 3. The molecule has 0 saturated heterocycles. The maximum absolute atomic E-state index is 13.0. The first-order chi connectivity index (χ1) is 16.3. The highest BCUT2D eigenvalue weighted by molar-refractivity contribution is 5.95.